The largest absolute Gasteiger partial charge is 0.478 e. The molecule has 1 fully saturated rings. The molecule has 2 amide bonds. The molecule has 3 rings (SSSR count). The van der Waals surface area contributed by atoms with Crippen molar-refractivity contribution in [2.75, 3.05) is 7.05 Å². The lowest BCUT2D eigenvalue weighted by molar-refractivity contribution is -0.141. The summed E-state index contributed by atoms with van der Waals surface area (Å²) in [5.74, 6) is -1.06. The van der Waals surface area contributed by atoms with Crippen molar-refractivity contribution in [2.24, 2.45) is 13.0 Å². The van der Waals surface area contributed by atoms with E-state index in [0.29, 0.717) is 24.4 Å². The Morgan fingerprint density at radius 3 is 2.74 bits per heavy atom. The lowest BCUT2D eigenvalue weighted by Gasteiger charge is -2.37. The number of amides is 2. The first kappa shape index (κ1) is 18.7. The first-order chi connectivity index (χ1) is 12.8. The molecule has 1 aliphatic rings. The second kappa shape index (κ2) is 7.26. The highest BCUT2D eigenvalue weighted by molar-refractivity contribution is 5.89. The lowest BCUT2D eigenvalue weighted by atomic mass is 9.85. The normalized spacial score (nSPS) is 20.0. The zero-order chi connectivity index (χ0) is 19.7. The van der Waals surface area contributed by atoms with E-state index in [1.165, 1.54) is 6.07 Å². The summed E-state index contributed by atoms with van der Waals surface area (Å²) in [6.07, 6.45) is 4.20. The van der Waals surface area contributed by atoms with Gasteiger partial charge in [-0.15, -0.1) is 0 Å². The van der Waals surface area contributed by atoms with Crippen LogP contribution in [0.2, 0.25) is 0 Å². The smallest absolute Gasteiger partial charge is 0.339 e. The number of hydrogen-bond donors (Lipinski definition) is 2. The molecule has 0 aromatic carbocycles. The number of carboxylic acids is 1. The SMILES string of the molecule is Cc1oc(CNC(=O)[C@@H]2CCC(=O)N(C)[C@H]2c2cnn(C)c2)cc1C(=O)O. The van der Waals surface area contributed by atoms with E-state index in [1.807, 2.05) is 0 Å². The Morgan fingerprint density at radius 1 is 1.41 bits per heavy atom. The van der Waals surface area contributed by atoms with E-state index in [4.69, 9.17) is 9.52 Å². The van der Waals surface area contributed by atoms with Gasteiger partial charge >= 0.3 is 5.97 Å². The Hall–Kier alpha value is -3.10. The number of nitrogens with one attached hydrogen (secondary N) is 1. The molecule has 2 atom stereocenters. The number of aryl methyl sites for hydroxylation is 2. The summed E-state index contributed by atoms with van der Waals surface area (Å²) in [4.78, 5) is 37.6. The molecular formula is C18H22N4O5. The topological polar surface area (TPSA) is 118 Å². The van der Waals surface area contributed by atoms with Crippen LogP contribution in [0.4, 0.5) is 0 Å². The van der Waals surface area contributed by atoms with Crippen LogP contribution in [0, 0.1) is 12.8 Å². The Morgan fingerprint density at radius 2 is 2.15 bits per heavy atom. The van der Waals surface area contributed by atoms with Crippen molar-refractivity contribution in [1.82, 2.24) is 20.0 Å². The van der Waals surface area contributed by atoms with Gasteiger partial charge in [0.05, 0.1) is 24.7 Å². The number of hydrogen-bond acceptors (Lipinski definition) is 5. The number of rotatable bonds is 5. The molecule has 2 aromatic heterocycles. The Labute approximate surface area is 155 Å². The van der Waals surface area contributed by atoms with Gasteiger partial charge in [-0.25, -0.2) is 4.79 Å². The van der Waals surface area contributed by atoms with Crippen LogP contribution in [-0.4, -0.2) is 44.6 Å². The number of piperidine rings is 1. The van der Waals surface area contributed by atoms with Gasteiger partial charge in [-0.3, -0.25) is 14.3 Å². The molecule has 0 saturated carbocycles. The molecule has 9 heteroatoms. The van der Waals surface area contributed by atoms with Crippen molar-refractivity contribution in [3.8, 4) is 0 Å². The fourth-order valence-electron chi connectivity index (χ4n) is 3.51. The van der Waals surface area contributed by atoms with E-state index in [1.54, 1.807) is 43.0 Å². The van der Waals surface area contributed by atoms with E-state index in [0.717, 1.165) is 5.56 Å². The molecule has 9 nitrogen and oxygen atoms in total. The average molecular weight is 374 g/mol. The third-order valence-corrected chi connectivity index (χ3v) is 4.90. The van der Waals surface area contributed by atoms with E-state index < -0.39 is 17.9 Å². The van der Waals surface area contributed by atoms with Crippen LogP contribution < -0.4 is 5.32 Å². The molecule has 2 aromatic rings. The standard InChI is InChI=1S/C18H22N4O5/c1-10-14(18(25)26)6-12(27-10)8-19-17(24)13-4-5-15(23)22(3)16(13)11-7-20-21(2)9-11/h6-7,9,13,16H,4-5,8H2,1-3H3,(H,19,24)(H,25,26)/t13-,16+/m1/s1. The summed E-state index contributed by atoms with van der Waals surface area (Å²) >= 11 is 0. The minimum atomic E-state index is -1.07. The highest BCUT2D eigenvalue weighted by Crippen LogP contribution is 2.35. The summed E-state index contributed by atoms with van der Waals surface area (Å²) in [7, 11) is 3.47. The van der Waals surface area contributed by atoms with Gasteiger partial charge in [0, 0.05) is 32.3 Å². The van der Waals surface area contributed by atoms with E-state index in [2.05, 4.69) is 10.4 Å². The maximum absolute atomic E-state index is 12.8. The van der Waals surface area contributed by atoms with Crippen molar-refractivity contribution in [1.29, 1.82) is 0 Å². The van der Waals surface area contributed by atoms with Crippen molar-refractivity contribution < 1.29 is 23.9 Å². The van der Waals surface area contributed by atoms with Gasteiger partial charge in [0.15, 0.2) is 0 Å². The number of nitrogens with zero attached hydrogens (tertiary/aromatic N) is 3. The number of likely N-dealkylation sites (tertiary alicyclic amines) is 1. The fourth-order valence-corrected chi connectivity index (χ4v) is 3.51. The van der Waals surface area contributed by atoms with Crippen LogP contribution in [0.5, 0.6) is 0 Å². The molecule has 144 valence electrons. The van der Waals surface area contributed by atoms with Crippen LogP contribution in [0.25, 0.3) is 0 Å². The van der Waals surface area contributed by atoms with Crippen molar-refractivity contribution in [2.45, 2.75) is 32.4 Å². The third-order valence-electron chi connectivity index (χ3n) is 4.90. The van der Waals surface area contributed by atoms with Gasteiger partial charge in [-0.05, 0) is 19.4 Å². The Kier molecular flexibility index (Phi) is 5.02. The minimum absolute atomic E-state index is 0.0133. The van der Waals surface area contributed by atoms with Gasteiger partial charge in [-0.1, -0.05) is 0 Å². The van der Waals surface area contributed by atoms with Gasteiger partial charge < -0.3 is 19.7 Å². The van der Waals surface area contributed by atoms with Gasteiger partial charge in [-0.2, -0.15) is 5.10 Å². The highest BCUT2D eigenvalue weighted by Gasteiger charge is 2.39. The molecular weight excluding hydrogens is 352 g/mol. The molecule has 0 bridgehead atoms. The second-order valence-electron chi connectivity index (χ2n) is 6.75. The minimum Gasteiger partial charge on any atom is -0.478 e. The van der Waals surface area contributed by atoms with Gasteiger partial charge in [0.25, 0.3) is 0 Å². The Balaban J connectivity index is 1.74. The molecule has 0 unspecified atom stereocenters. The summed E-state index contributed by atoms with van der Waals surface area (Å²) < 4.78 is 7.03. The van der Waals surface area contributed by atoms with E-state index in [-0.39, 0.29) is 23.9 Å². The molecule has 1 aliphatic heterocycles. The molecule has 0 spiro atoms. The molecule has 0 radical (unpaired) electrons. The lowest BCUT2D eigenvalue weighted by Crippen LogP contribution is -2.46. The maximum Gasteiger partial charge on any atom is 0.339 e. The second-order valence-corrected chi connectivity index (χ2v) is 6.75. The number of furan rings is 1. The quantitative estimate of drug-likeness (QED) is 0.813. The molecule has 0 aliphatic carbocycles. The third kappa shape index (κ3) is 3.71. The van der Waals surface area contributed by atoms with E-state index in [9.17, 15) is 14.4 Å². The monoisotopic (exact) mass is 374 g/mol. The zero-order valence-corrected chi connectivity index (χ0v) is 15.4. The summed E-state index contributed by atoms with van der Waals surface area (Å²) in [6, 6.07) is 1.01. The predicted octanol–water partition coefficient (Wildman–Crippen LogP) is 1.25. The van der Waals surface area contributed by atoms with Gasteiger partial charge in [0.1, 0.15) is 17.1 Å². The zero-order valence-electron chi connectivity index (χ0n) is 15.4. The maximum atomic E-state index is 12.8. The average Bonchev–Trinajstić information content (AvgIpc) is 3.20. The van der Waals surface area contributed by atoms with Crippen molar-refractivity contribution in [3.63, 3.8) is 0 Å². The number of carbonyl (C=O) groups is 3. The van der Waals surface area contributed by atoms with Crippen LogP contribution >= 0.6 is 0 Å². The molecule has 2 N–H and O–H groups in total. The molecule has 1 saturated heterocycles. The number of aromatic nitrogens is 2. The predicted molar refractivity (Wildman–Crippen MR) is 93.7 cm³/mol. The van der Waals surface area contributed by atoms with Crippen LogP contribution in [0.15, 0.2) is 22.9 Å². The summed E-state index contributed by atoms with van der Waals surface area (Å²) in [6.45, 7) is 1.65. The summed E-state index contributed by atoms with van der Waals surface area (Å²) in [5, 5.41) is 16.0. The van der Waals surface area contributed by atoms with Gasteiger partial charge in [0.2, 0.25) is 11.8 Å². The molecule has 3 heterocycles. The van der Waals surface area contributed by atoms with Crippen molar-refractivity contribution >= 4 is 17.8 Å². The number of carbonyl (C=O) groups excluding carboxylic acids is 2. The molecule has 27 heavy (non-hydrogen) atoms. The number of carboxylic acid groups (broad SMARTS) is 1. The van der Waals surface area contributed by atoms with Crippen LogP contribution in [-0.2, 0) is 23.2 Å². The first-order valence-corrected chi connectivity index (χ1v) is 8.62. The van der Waals surface area contributed by atoms with Crippen LogP contribution in [0.1, 0.15) is 46.3 Å². The fraction of sp³-hybridized carbons (Fsp3) is 0.444. The Bertz CT molecular complexity index is 884. The highest BCUT2D eigenvalue weighted by atomic mass is 16.4. The van der Waals surface area contributed by atoms with E-state index >= 15 is 0 Å². The number of aromatic carboxylic acids is 1. The van der Waals surface area contributed by atoms with Crippen LogP contribution in [0.3, 0.4) is 0 Å². The summed E-state index contributed by atoms with van der Waals surface area (Å²) in [5.41, 5.74) is 0.880. The van der Waals surface area contributed by atoms with Crippen molar-refractivity contribution in [3.05, 3.63) is 41.1 Å². The first-order valence-electron chi connectivity index (χ1n) is 8.62.